The second-order valence-electron chi connectivity index (χ2n) is 6.39. The Labute approximate surface area is 151 Å². The summed E-state index contributed by atoms with van der Waals surface area (Å²) in [6.07, 6.45) is 2.84. The first-order valence-corrected chi connectivity index (χ1v) is 9.31. The van der Waals surface area contributed by atoms with E-state index in [1.807, 2.05) is 13.1 Å². The van der Waals surface area contributed by atoms with Crippen LogP contribution in [-0.4, -0.2) is 26.4 Å². The van der Waals surface area contributed by atoms with Crippen LogP contribution in [0.4, 0.5) is 10.9 Å². The number of thiazole rings is 1. The van der Waals surface area contributed by atoms with Gasteiger partial charge >= 0.3 is 0 Å². The third-order valence-electron chi connectivity index (χ3n) is 4.35. The van der Waals surface area contributed by atoms with E-state index in [4.69, 9.17) is 0 Å². The Kier molecular flexibility index (Phi) is 4.46. The minimum atomic E-state index is 0.811. The van der Waals surface area contributed by atoms with Gasteiger partial charge in [0.25, 0.3) is 0 Å². The van der Waals surface area contributed by atoms with Crippen LogP contribution >= 0.6 is 11.3 Å². The number of benzene rings is 1. The Hall–Kier alpha value is -2.31. The van der Waals surface area contributed by atoms with E-state index in [-0.39, 0.29) is 0 Å². The van der Waals surface area contributed by atoms with Crippen molar-refractivity contribution in [3.8, 4) is 0 Å². The lowest BCUT2D eigenvalue weighted by molar-refractivity contribution is 0.243. The summed E-state index contributed by atoms with van der Waals surface area (Å²) >= 11 is 1.65. The van der Waals surface area contributed by atoms with Gasteiger partial charge in [0, 0.05) is 42.7 Å². The Morgan fingerprint density at radius 2 is 2.00 bits per heavy atom. The standard InChI is InChI=1S/C19H21N5S/c1-13-10-20-19(25-13)23-18-16-12-24(11-15-6-4-3-5-7-15)9-8-17(16)21-14(2)22-18/h3-7,10H,8-9,11-12H2,1-2H3,(H,20,21,22,23). The molecule has 6 heteroatoms. The molecule has 1 aromatic carbocycles. The first-order valence-electron chi connectivity index (χ1n) is 8.49. The van der Waals surface area contributed by atoms with Crippen molar-refractivity contribution in [1.82, 2.24) is 19.9 Å². The molecule has 5 nitrogen and oxygen atoms in total. The van der Waals surface area contributed by atoms with Crippen molar-refractivity contribution in [2.75, 3.05) is 11.9 Å². The molecular formula is C19H21N5S. The third-order valence-corrected chi connectivity index (χ3v) is 5.17. The van der Waals surface area contributed by atoms with E-state index in [0.717, 1.165) is 48.5 Å². The molecule has 1 N–H and O–H groups in total. The fourth-order valence-corrected chi connectivity index (χ4v) is 3.85. The number of aryl methyl sites for hydroxylation is 2. The van der Waals surface area contributed by atoms with E-state index >= 15 is 0 Å². The molecule has 4 rings (SSSR count). The topological polar surface area (TPSA) is 53.9 Å². The molecule has 25 heavy (non-hydrogen) atoms. The maximum absolute atomic E-state index is 4.67. The number of hydrogen-bond donors (Lipinski definition) is 1. The summed E-state index contributed by atoms with van der Waals surface area (Å²) in [6, 6.07) is 10.6. The first kappa shape index (κ1) is 16.2. The highest BCUT2D eigenvalue weighted by atomic mass is 32.1. The first-order chi connectivity index (χ1) is 12.2. The zero-order chi connectivity index (χ0) is 17.2. The summed E-state index contributed by atoms with van der Waals surface area (Å²) in [5.41, 5.74) is 3.69. The van der Waals surface area contributed by atoms with Gasteiger partial charge in [0.05, 0.1) is 5.69 Å². The van der Waals surface area contributed by atoms with Crippen LogP contribution in [0.3, 0.4) is 0 Å². The minimum Gasteiger partial charge on any atom is -0.316 e. The quantitative estimate of drug-likeness (QED) is 0.774. The lowest BCUT2D eigenvalue weighted by Crippen LogP contribution is -2.31. The van der Waals surface area contributed by atoms with E-state index < -0.39 is 0 Å². The maximum Gasteiger partial charge on any atom is 0.188 e. The maximum atomic E-state index is 4.67. The summed E-state index contributed by atoms with van der Waals surface area (Å²) in [5.74, 6) is 1.71. The van der Waals surface area contributed by atoms with Crippen LogP contribution in [0.5, 0.6) is 0 Å². The largest absolute Gasteiger partial charge is 0.316 e. The van der Waals surface area contributed by atoms with E-state index in [1.54, 1.807) is 11.3 Å². The van der Waals surface area contributed by atoms with Crippen molar-refractivity contribution in [3.05, 3.63) is 64.1 Å². The number of fused-ring (bicyclic) bond motifs is 1. The Bertz CT molecular complexity index is 875. The SMILES string of the molecule is Cc1nc2c(c(Nc3ncc(C)s3)n1)CN(Cc1ccccc1)CC2. The number of nitrogens with zero attached hydrogens (tertiary/aromatic N) is 4. The molecule has 0 atom stereocenters. The molecule has 0 fully saturated rings. The molecule has 128 valence electrons. The average Bonchev–Trinajstić information content (AvgIpc) is 3.01. The molecule has 0 saturated carbocycles. The van der Waals surface area contributed by atoms with Gasteiger partial charge in [-0.25, -0.2) is 15.0 Å². The van der Waals surface area contributed by atoms with Crippen LogP contribution in [0.2, 0.25) is 0 Å². The molecule has 0 amide bonds. The van der Waals surface area contributed by atoms with Crippen LogP contribution in [0.15, 0.2) is 36.5 Å². The monoisotopic (exact) mass is 351 g/mol. The van der Waals surface area contributed by atoms with E-state index in [0.29, 0.717) is 0 Å². The number of nitrogens with one attached hydrogen (secondary N) is 1. The highest BCUT2D eigenvalue weighted by Crippen LogP contribution is 2.28. The molecule has 0 radical (unpaired) electrons. The molecule has 3 heterocycles. The van der Waals surface area contributed by atoms with Crippen LogP contribution in [0.25, 0.3) is 0 Å². The molecule has 0 unspecified atom stereocenters. The van der Waals surface area contributed by atoms with Crippen molar-refractivity contribution < 1.29 is 0 Å². The normalized spacial score (nSPS) is 14.3. The lowest BCUT2D eigenvalue weighted by atomic mass is 10.0. The molecule has 1 aliphatic heterocycles. The number of rotatable bonds is 4. The predicted octanol–water partition coefficient (Wildman–Crippen LogP) is 3.85. The number of hydrogen-bond acceptors (Lipinski definition) is 6. The molecule has 3 aromatic rings. The minimum absolute atomic E-state index is 0.811. The summed E-state index contributed by atoms with van der Waals surface area (Å²) in [7, 11) is 0. The second kappa shape index (κ2) is 6.90. The summed E-state index contributed by atoms with van der Waals surface area (Å²) < 4.78 is 0. The van der Waals surface area contributed by atoms with Crippen molar-refractivity contribution in [2.24, 2.45) is 0 Å². The summed E-state index contributed by atoms with van der Waals surface area (Å²) in [4.78, 5) is 17.4. The molecule has 2 aromatic heterocycles. The third kappa shape index (κ3) is 3.70. The van der Waals surface area contributed by atoms with Crippen LogP contribution in [0.1, 0.15) is 27.5 Å². The molecule has 0 saturated heterocycles. The van der Waals surface area contributed by atoms with Gasteiger partial charge in [-0.2, -0.15) is 0 Å². The van der Waals surface area contributed by atoms with Gasteiger partial charge in [-0.15, -0.1) is 11.3 Å². The number of anilines is 2. The zero-order valence-corrected chi connectivity index (χ0v) is 15.3. The fourth-order valence-electron chi connectivity index (χ4n) is 3.19. The van der Waals surface area contributed by atoms with Gasteiger partial charge in [-0.3, -0.25) is 4.90 Å². The van der Waals surface area contributed by atoms with E-state index in [9.17, 15) is 0 Å². The van der Waals surface area contributed by atoms with Gasteiger partial charge in [0.1, 0.15) is 11.6 Å². The van der Waals surface area contributed by atoms with Gasteiger partial charge < -0.3 is 5.32 Å². The van der Waals surface area contributed by atoms with Crippen LogP contribution in [-0.2, 0) is 19.5 Å². The van der Waals surface area contributed by atoms with Gasteiger partial charge in [-0.05, 0) is 19.4 Å². The number of aromatic nitrogens is 3. The van der Waals surface area contributed by atoms with Crippen molar-refractivity contribution in [2.45, 2.75) is 33.4 Å². The van der Waals surface area contributed by atoms with Crippen molar-refractivity contribution >= 4 is 22.3 Å². The summed E-state index contributed by atoms with van der Waals surface area (Å²) in [5, 5.41) is 4.29. The molecule has 0 aliphatic carbocycles. The molecule has 0 bridgehead atoms. The van der Waals surface area contributed by atoms with E-state index in [1.165, 1.54) is 16.0 Å². The Morgan fingerprint density at radius 3 is 2.76 bits per heavy atom. The Morgan fingerprint density at radius 1 is 1.16 bits per heavy atom. The van der Waals surface area contributed by atoms with Crippen LogP contribution in [0, 0.1) is 13.8 Å². The molecule has 1 aliphatic rings. The van der Waals surface area contributed by atoms with E-state index in [2.05, 4.69) is 62.4 Å². The van der Waals surface area contributed by atoms with Crippen LogP contribution < -0.4 is 5.32 Å². The van der Waals surface area contributed by atoms with Crippen molar-refractivity contribution in [1.29, 1.82) is 0 Å². The molecule has 0 spiro atoms. The fraction of sp³-hybridized carbons (Fsp3) is 0.316. The highest BCUT2D eigenvalue weighted by molar-refractivity contribution is 7.15. The van der Waals surface area contributed by atoms with Gasteiger partial charge in [0.15, 0.2) is 5.13 Å². The smallest absolute Gasteiger partial charge is 0.188 e. The second-order valence-corrected chi connectivity index (χ2v) is 7.63. The lowest BCUT2D eigenvalue weighted by Gasteiger charge is -2.29. The highest BCUT2D eigenvalue weighted by Gasteiger charge is 2.22. The predicted molar refractivity (Wildman–Crippen MR) is 101 cm³/mol. The Balaban J connectivity index is 1.59. The zero-order valence-electron chi connectivity index (χ0n) is 14.5. The van der Waals surface area contributed by atoms with Crippen molar-refractivity contribution in [3.63, 3.8) is 0 Å². The summed E-state index contributed by atoms with van der Waals surface area (Å²) in [6.45, 7) is 6.84. The molecular weight excluding hydrogens is 330 g/mol. The van der Waals surface area contributed by atoms with Gasteiger partial charge in [-0.1, -0.05) is 30.3 Å². The van der Waals surface area contributed by atoms with Gasteiger partial charge in [0.2, 0.25) is 0 Å². The average molecular weight is 351 g/mol.